The Hall–Kier alpha value is -1.80. The van der Waals surface area contributed by atoms with Crippen molar-refractivity contribution >= 4 is 5.91 Å². The molecule has 2 atom stereocenters. The number of benzene rings is 1. The topological polar surface area (TPSA) is 73.6 Å². The average molecular weight is 332 g/mol. The van der Waals surface area contributed by atoms with Gasteiger partial charge in [-0.25, -0.2) is 0 Å². The van der Waals surface area contributed by atoms with E-state index < -0.39 is 17.8 Å². The van der Waals surface area contributed by atoms with Crippen molar-refractivity contribution in [3.8, 4) is 5.75 Å². The van der Waals surface area contributed by atoms with Crippen LogP contribution in [0.3, 0.4) is 0 Å². The van der Waals surface area contributed by atoms with Gasteiger partial charge in [0, 0.05) is 6.54 Å². The maximum atomic E-state index is 12.4. The van der Waals surface area contributed by atoms with Gasteiger partial charge >= 0.3 is 6.18 Å². The molecule has 1 aromatic rings. The van der Waals surface area contributed by atoms with Crippen molar-refractivity contribution in [3.05, 3.63) is 29.8 Å². The molecule has 3 N–H and O–H groups in total. The lowest BCUT2D eigenvalue weighted by molar-refractivity contribution is -0.137. The normalized spacial score (nSPS) is 21.2. The van der Waals surface area contributed by atoms with Crippen LogP contribution < -0.4 is 15.8 Å². The minimum Gasteiger partial charge on any atom is -0.492 e. The SMILES string of the molecule is NC[C@H]1CC[C@@H](C(=O)NCCOc2ccc(C(F)(F)F)cc2)O1. The Morgan fingerprint density at radius 1 is 1.30 bits per heavy atom. The third kappa shape index (κ3) is 5.11. The first-order chi connectivity index (χ1) is 10.9. The highest BCUT2D eigenvalue weighted by atomic mass is 19.4. The quantitative estimate of drug-likeness (QED) is 0.778. The molecule has 1 aromatic carbocycles. The van der Waals surface area contributed by atoms with Gasteiger partial charge in [0.1, 0.15) is 18.5 Å². The van der Waals surface area contributed by atoms with Crippen LogP contribution in [-0.4, -0.2) is 37.8 Å². The third-order valence-electron chi connectivity index (χ3n) is 3.51. The first-order valence-corrected chi connectivity index (χ1v) is 7.33. The molecule has 0 radical (unpaired) electrons. The largest absolute Gasteiger partial charge is 0.492 e. The number of hydrogen-bond donors (Lipinski definition) is 2. The van der Waals surface area contributed by atoms with Crippen LogP contribution in [0.4, 0.5) is 13.2 Å². The van der Waals surface area contributed by atoms with Crippen molar-refractivity contribution in [1.82, 2.24) is 5.32 Å². The van der Waals surface area contributed by atoms with Crippen LogP contribution in [0.5, 0.6) is 5.75 Å². The molecule has 128 valence electrons. The Balaban J connectivity index is 1.68. The second kappa shape index (κ2) is 7.65. The van der Waals surface area contributed by atoms with Crippen molar-refractivity contribution < 1.29 is 27.4 Å². The molecule has 1 saturated heterocycles. The second-order valence-corrected chi connectivity index (χ2v) is 5.22. The van der Waals surface area contributed by atoms with Gasteiger partial charge in [0.15, 0.2) is 0 Å². The molecule has 1 fully saturated rings. The number of ether oxygens (including phenoxy) is 2. The molecule has 1 heterocycles. The molecule has 0 bridgehead atoms. The smallest absolute Gasteiger partial charge is 0.416 e. The van der Waals surface area contributed by atoms with Crippen LogP contribution in [0.2, 0.25) is 0 Å². The van der Waals surface area contributed by atoms with Gasteiger partial charge in [0.25, 0.3) is 0 Å². The maximum Gasteiger partial charge on any atom is 0.416 e. The molecular formula is C15H19F3N2O3. The fourth-order valence-electron chi connectivity index (χ4n) is 2.27. The molecule has 5 nitrogen and oxygen atoms in total. The van der Waals surface area contributed by atoms with Crippen molar-refractivity contribution in [2.45, 2.75) is 31.2 Å². The summed E-state index contributed by atoms with van der Waals surface area (Å²) in [5.41, 5.74) is 4.74. The van der Waals surface area contributed by atoms with Crippen molar-refractivity contribution in [2.75, 3.05) is 19.7 Å². The number of halogens is 3. The highest BCUT2D eigenvalue weighted by Crippen LogP contribution is 2.30. The number of carbonyl (C=O) groups is 1. The van der Waals surface area contributed by atoms with E-state index in [1.165, 1.54) is 12.1 Å². The van der Waals surface area contributed by atoms with E-state index in [0.29, 0.717) is 18.7 Å². The van der Waals surface area contributed by atoms with Crippen molar-refractivity contribution in [2.24, 2.45) is 5.73 Å². The Morgan fingerprint density at radius 2 is 2.00 bits per heavy atom. The number of carbonyl (C=O) groups excluding carboxylic acids is 1. The Kier molecular flexibility index (Phi) is 5.84. The fraction of sp³-hybridized carbons (Fsp3) is 0.533. The number of hydrogen-bond acceptors (Lipinski definition) is 4. The predicted octanol–water partition coefficient (Wildman–Crippen LogP) is 1.71. The average Bonchev–Trinajstić information content (AvgIpc) is 3.00. The Bertz CT molecular complexity index is 520. The Morgan fingerprint density at radius 3 is 2.57 bits per heavy atom. The minimum atomic E-state index is -4.37. The van der Waals surface area contributed by atoms with E-state index in [1.807, 2.05) is 0 Å². The lowest BCUT2D eigenvalue weighted by Gasteiger charge is -2.13. The molecule has 8 heteroatoms. The highest BCUT2D eigenvalue weighted by molar-refractivity contribution is 5.81. The molecule has 1 aliphatic heterocycles. The lowest BCUT2D eigenvalue weighted by atomic mass is 10.2. The van der Waals surface area contributed by atoms with Crippen LogP contribution in [0.15, 0.2) is 24.3 Å². The molecule has 1 aliphatic rings. The van der Waals surface area contributed by atoms with E-state index >= 15 is 0 Å². The van der Waals surface area contributed by atoms with Gasteiger partial charge in [-0.05, 0) is 37.1 Å². The van der Waals surface area contributed by atoms with Gasteiger partial charge in [-0.1, -0.05) is 0 Å². The zero-order valence-electron chi connectivity index (χ0n) is 12.4. The molecule has 0 unspecified atom stereocenters. The van der Waals surface area contributed by atoms with E-state index in [0.717, 1.165) is 18.6 Å². The highest BCUT2D eigenvalue weighted by Gasteiger charge is 2.30. The zero-order chi connectivity index (χ0) is 16.9. The van der Waals surface area contributed by atoms with Gasteiger partial charge in [0.05, 0.1) is 18.2 Å². The molecule has 23 heavy (non-hydrogen) atoms. The van der Waals surface area contributed by atoms with E-state index in [-0.39, 0.29) is 25.2 Å². The lowest BCUT2D eigenvalue weighted by Crippen LogP contribution is -2.37. The standard InChI is InChI=1S/C15H19F3N2O3/c16-15(17,18)10-1-3-11(4-2-10)22-8-7-20-14(21)13-6-5-12(9-19)23-13/h1-4,12-13H,5-9,19H2,(H,20,21)/t12-,13+/m1/s1. The summed E-state index contributed by atoms with van der Waals surface area (Å²) in [6, 6.07) is 4.40. The molecule has 2 rings (SSSR count). The van der Waals surface area contributed by atoms with Crippen molar-refractivity contribution in [1.29, 1.82) is 0 Å². The van der Waals surface area contributed by atoms with Crippen LogP contribution in [0.25, 0.3) is 0 Å². The van der Waals surface area contributed by atoms with Crippen LogP contribution >= 0.6 is 0 Å². The minimum absolute atomic E-state index is 0.0749. The van der Waals surface area contributed by atoms with Gasteiger partial charge < -0.3 is 20.5 Å². The molecule has 1 amide bonds. The van der Waals surface area contributed by atoms with Gasteiger partial charge in [-0.3, -0.25) is 4.79 Å². The first-order valence-electron chi connectivity index (χ1n) is 7.33. The van der Waals surface area contributed by atoms with E-state index in [4.69, 9.17) is 15.2 Å². The van der Waals surface area contributed by atoms with E-state index in [1.54, 1.807) is 0 Å². The fourth-order valence-corrected chi connectivity index (χ4v) is 2.27. The molecule has 0 spiro atoms. The number of rotatable bonds is 6. The summed E-state index contributed by atoms with van der Waals surface area (Å²) in [5, 5.41) is 2.67. The summed E-state index contributed by atoms with van der Waals surface area (Å²) in [4.78, 5) is 11.8. The molecule has 0 aliphatic carbocycles. The monoisotopic (exact) mass is 332 g/mol. The second-order valence-electron chi connectivity index (χ2n) is 5.22. The third-order valence-corrected chi connectivity index (χ3v) is 3.51. The summed E-state index contributed by atoms with van der Waals surface area (Å²) in [7, 11) is 0. The molecular weight excluding hydrogens is 313 g/mol. The summed E-state index contributed by atoms with van der Waals surface area (Å²) >= 11 is 0. The molecule has 0 saturated carbocycles. The predicted molar refractivity (Wildman–Crippen MR) is 76.9 cm³/mol. The first kappa shape index (κ1) is 17.6. The maximum absolute atomic E-state index is 12.4. The van der Waals surface area contributed by atoms with Crippen LogP contribution in [-0.2, 0) is 15.7 Å². The number of alkyl halides is 3. The number of nitrogens with two attached hydrogens (primary N) is 1. The summed E-state index contributed by atoms with van der Waals surface area (Å²) in [6.45, 7) is 0.790. The van der Waals surface area contributed by atoms with Crippen molar-refractivity contribution in [3.63, 3.8) is 0 Å². The van der Waals surface area contributed by atoms with Gasteiger partial charge in [0.2, 0.25) is 5.91 Å². The summed E-state index contributed by atoms with van der Waals surface area (Å²) in [6.07, 6.45) is -3.54. The number of nitrogens with one attached hydrogen (secondary N) is 1. The zero-order valence-corrected chi connectivity index (χ0v) is 12.4. The van der Waals surface area contributed by atoms with Crippen LogP contribution in [0.1, 0.15) is 18.4 Å². The molecule has 0 aromatic heterocycles. The Labute approximate surface area is 131 Å². The van der Waals surface area contributed by atoms with E-state index in [2.05, 4.69) is 5.32 Å². The summed E-state index contributed by atoms with van der Waals surface area (Å²) in [5.74, 6) is 0.0875. The number of amides is 1. The summed E-state index contributed by atoms with van der Waals surface area (Å²) < 4.78 is 48.0. The van der Waals surface area contributed by atoms with Gasteiger partial charge in [-0.2, -0.15) is 13.2 Å². The van der Waals surface area contributed by atoms with E-state index in [9.17, 15) is 18.0 Å². The van der Waals surface area contributed by atoms with Crippen LogP contribution in [0, 0.1) is 0 Å². The van der Waals surface area contributed by atoms with Gasteiger partial charge in [-0.15, -0.1) is 0 Å².